The highest BCUT2D eigenvalue weighted by atomic mass is 79.9. The summed E-state index contributed by atoms with van der Waals surface area (Å²) in [4.78, 5) is 17.0. The number of aromatic nitrogens is 1. The second kappa shape index (κ2) is 9.21. The molecule has 0 saturated carbocycles. The number of rotatable bonds is 4. The van der Waals surface area contributed by atoms with Crippen LogP contribution in [0.1, 0.15) is 21.5 Å². The molecule has 0 atom stereocenters. The van der Waals surface area contributed by atoms with Gasteiger partial charge in [-0.2, -0.15) is 0 Å². The van der Waals surface area contributed by atoms with Gasteiger partial charge in [-0.25, -0.2) is 4.98 Å². The highest BCUT2D eigenvalue weighted by Crippen LogP contribution is 2.34. The summed E-state index contributed by atoms with van der Waals surface area (Å²) in [6, 6.07) is 13.8. The van der Waals surface area contributed by atoms with Crippen molar-refractivity contribution in [3.63, 3.8) is 0 Å². The third-order valence-electron chi connectivity index (χ3n) is 4.95. The molecule has 0 saturated heterocycles. The van der Waals surface area contributed by atoms with Crippen molar-refractivity contribution in [2.45, 2.75) is 13.8 Å². The molecule has 0 bridgehead atoms. The maximum absolute atomic E-state index is 12.5. The summed E-state index contributed by atoms with van der Waals surface area (Å²) in [6.45, 7) is 3.95. The number of carbonyl (C=O) groups excluding carboxylic acids is 1. The summed E-state index contributed by atoms with van der Waals surface area (Å²) in [6.07, 6.45) is 0. The molecule has 1 aromatic heterocycles. The number of aryl methyl sites for hydroxylation is 2. The molecule has 0 fully saturated rings. The van der Waals surface area contributed by atoms with Gasteiger partial charge in [-0.3, -0.25) is 10.1 Å². The summed E-state index contributed by atoms with van der Waals surface area (Å²) < 4.78 is 11.7. The number of amides is 1. The van der Waals surface area contributed by atoms with Crippen molar-refractivity contribution in [1.29, 1.82) is 0 Å². The molecule has 0 aliphatic carbocycles. The van der Waals surface area contributed by atoms with Gasteiger partial charge in [-0.1, -0.05) is 6.07 Å². The summed E-state index contributed by atoms with van der Waals surface area (Å²) >= 11 is 8.60. The lowest BCUT2D eigenvalue weighted by molar-refractivity contribution is 0.0977. The van der Waals surface area contributed by atoms with Gasteiger partial charge in [0.2, 0.25) is 5.89 Å². The normalized spacial score (nSPS) is 10.8. The molecule has 0 spiro atoms. The van der Waals surface area contributed by atoms with Crippen molar-refractivity contribution in [1.82, 2.24) is 10.3 Å². The van der Waals surface area contributed by atoms with Gasteiger partial charge >= 0.3 is 0 Å². The molecule has 9 heteroatoms. The molecule has 4 rings (SSSR count). The number of hydrogen-bond donors (Lipinski definition) is 3. The van der Waals surface area contributed by atoms with Crippen LogP contribution >= 0.6 is 28.1 Å². The first-order chi connectivity index (χ1) is 15.7. The Balaban J connectivity index is 1.48. The van der Waals surface area contributed by atoms with Crippen LogP contribution in [0.3, 0.4) is 0 Å². The monoisotopic (exact) mass is 525 g/mol. The Labute approximate surface area is 203 Å². The van der Waals surface area contributed by atoms with Crippen LogP contribution in [0.2, 0.25) is 0 Å². The van der Waals surface area contributed by atoms with Crippen LogP contribution in [0.4, 0.5) is 5.69 Å². The predicted octanol–water partition coefficient (Wildman–Crippen LogP) is 5.72. The van der Waals surface area contributed by atoms with Gasteiger partial charge in [0.25, 0.3) is 5.91 Å². The number of nitrogens with zero attached hydrogens (tertiary/aromatic N) is 1. The maximum atomic E-state index is 12.5. The molecule has 1 amide bonds. The lowest BCUT2D eigenvalue weighted by atomic mass is 10.1. The van der Waals surface area contributed by atoms with E-state index in [1.54, 1.807) is 37.4 Å². The summed E-state index contributed by atoms with van der Waals surface area (Å²) in [5, 5.41) is 16.2. The largest absolute Gasteiger partial charge is 0.507 e. The number of thiocarbonyl (C=S) groups is 1. The number of halogens is 1. The van der Waals surface area contributed by atoms with Crippen LogP contribution in [0.25, 0.3) is 22.6 Å². The Morgan fingerprint density at radius 1 is 1.15 bits per heavy atom. The van der Waals surface area contributed by atoms with Gasteiger partial charge < -0.3 is 19.6 Å². The van der Waals surface area contributed by atoms with Crippen LogP contribution in [-0.2, 0) is 0 Å². The van der Waals surface area contributed by atoms with Gasteiger partial charge in [-0.15, -0.1) is 0 Å². The number of fused-ring (bicyclic) bond motifs is 1. The number of methoxy groups -OCH3 is 1. The Bertz CT molecular complexity index is 1400. The van der Waals surface area contributed by atoms with Crippen LogP contribution < -0.4 is 15.4 Å². The van der Waals surface area contributed by atoms with E-state index in [0.29, 0.717) is 38.5 Å². The zero-order chi connectivity index (χ0) is 23.7. The summed E-state index contributed by atoms with van der Waals surface area (Å²) in [7, 11) is 1.55. The molecule has 4 aromatic rings. The molecule has 33 heavy (non-hydrogen) atoms. The summed E-state index contributed by atoms with van der Waals surface area (Å²) in [5.41, 5.74) is 4.84. The number of carbonyl (C=O) groups is 1. The number of anilines is 1. The molecular weight excluding hydrogens is 506 g/mol. The number of aromatic hydroxyl groups is 1. The number of ether oxygens (including phenoxy) is 1. The maximum Gasteiger partial charge on any atom is 0.257 e. The van der Waals surface area contributed by atoms with E-state index in [0.717, 1.165) is 16.6 Å². The number of phenols is 1. The molecule has 0 aliphatic heterocycles. The number of hydrogen-bond acceptors (Lipinski definition) is 6. The predicted molar refractivity (Wildman–Crippen MR) is 135 cm³/mol. The third kappa shape index (κ3) is 4.84. The van der Waals surface area contributed by atoms with Crippen molar-refractivity contribution < 1.29 is 19.1 Å². The van der Waals surface area contributed by atoms with Crippen molar-refractivity contribution in [3.8, 4) is 23.0 Å². The van der Waals surface area contributed by atoms with E-state index in [4.69, 9.17) is 21.4 Å². The van der Waals surface area contributed by atoms with E-state index >= 15 is 0 Å². The minimum Gasteiger partial charge on any atom is -0.507 e. The zero-order valence-corrected chi connectivity index (χ0v) is 20.4. The lowest BCUT2D eigenvalue weighted by Crippen LogP contribution is -2.34. The first-order valence-electron chi connectivity index (χ1n) is 9.92. The van der Waals surface area contributed by atoms with Gasteiger partial charge in [-0.05, 0) is 89.5 Å². The SMILES string of the molecule is COc1ccc(C(=O)NC(=S)Nc2ccc(-c3nc4cc(C)cc(C)c4o3)c(O)c2)cc1Br. The molecule has 1 heterocycles. The number of phenolic OH excluding ortho intramolecular Hbond substituents is 1. The van der Waals surface area contributed by atoms with Crippen molar-refractivity contribution in [2.75, 3.05) is 12.4 Å². The molecule has 3 N–H and O–H groups in total. The van der Waals surface area contributed by atoms with Crippen LogP contribution in [0, 0.1) is 13.8 Å². The fourth-order valence-corrected chi connectivity index (χ4v) is 4.18. The highest BCUT2D eigenvalue weighted by molar-refractivity contribution is 9.10. The molecule has 7 nitrogen and oxygen atoms in total. The van der Waals surface area contributed by atoms with E-state index in [-0.39, 0.29) is 16.8 Å². The molecule has 0 unspecified atom stereocenters. The zero-order valence-electron chi connectivity index (χ0n) is 18.0. The van der Waals surface area contributed by atoms with Crippen LogP contribution in [0.5, 0.6) is 11.5 Å². The van der Waals surface area contributed by atoms with E-state index < -0.39 is 0 Å². The Kier molecular flexibility index (Phi) is 6.35. The molecule has 0 radical (unpaired) electrons. The van der Waals surface area contributed by atoms with E-state index in [1.807, 2.05) is 26.0 Å². The molecule has 0 aliphatic rings. The topological polar surface area (TPSA) is 96.6 Å². The van der Waals surface area contributed by atoms with Crippen molar-refractivity contribution in [2.24, 2.45) is 0 Å². The highest BCUT2D eigenvalue weighted by Gasteiger charge is 2.15. The minimum absolute atomic E-state index is 0.0332. The number of benzene rings is 3. The fourth-order valence-electron chi connectivity index (χ4n) is 3.43. The standard InChI is InChI=1S/C24H20BrN3O4S/c1-12-8-13(2)21-18(9-12)27-23(32-21)16-6-5-15(11-19(16)29)26-24(33)28-22(30)14-4-7-20(31-3)17(25)10-14/h4-11,29H,1-3H3,(H2,26,28,30,33). The summed E-state index contributed by atoms with van der Waals surface area (Å²) in [5.74, 6) is 0.527. The second-order valence-electron chi connectivity index (χ2n) is 7.44. The molecular formula is C24H20BrN3O4S. The van der Waals surface area contributed by atoms with Gasteiger partial charge in [0, 0.05) is 17.3 Å². The second-order valence-corrected chi connectivity index (χ2v) is 8.70. The van der Waals surface area contributed by atoms with Gasteiger partial charge in [0.15, 0.2) is 10.7 Å². The fraction of sp³-hybridized carbons (Fsp3) is 0.125. The minimum atomic E-state index is -0.381. The third-order valence-corrected chi connectivity index (χ3v) is 5.77. The average molecular weight is 526 g/mol. The van der Waals surface area contributed by atoms with Crippen molar-refractivity contribution in [3.05, 3.63) is 69.7 Å². The Hall–Kier alpha value is -3.43. The van der Waals surface area contributed by atoms with E-state index in [9.17, 15) is 9.90 Å². The van der Waals surface area contributed by atoms with E-state index in [2.05, 4.69) is 31.5 Å². The molecule has 3 aromatic carbocycles. The van der Waals surface area contributed by atoms with Gasteiger partial charge in [0.1, 0.15) is 17.0 Å². The lowest BCUT2D eigenvalue weighted by Gasteiger charge is -2.11. The smallest absolute Gasteiger partial charge is 0.257 e. The average Bonchev–Trinajstić information content (AvgIpc) is 3.17. The van der Waals surface area contributed by atoms with Crippen molar-refractivity contribution >= 4 is 56.0 Å². The number of oxazole rings is 1. The van der Waals surface area contributed by atoms with E-state index in [1.165, 1.54) is 6.07 Å². The van der Waals surface area contributed by atoms with Crippen LogP contribution in [-0.4, -0.2) is 28.2 Å². The Morgan fingerprint density at radius 2 is 1.94 bits per heavy atom. The van der Waals surface area contributed by atoms with Gasteiger partial charge in [0.05, 0.1) is 17.1 Å². The quantitative estimate of drug-likeness (QED) is 0.293. The molecule has 168 valence electrons. The first kappa shape index (κ1) is 22.8. The first-order valence-corrected chi connectivity index (χ1v) is 11.1. The Morgan fingerprint density at radius 3 is 2.64 bits per heavy atom. The number of nitrogens with one attached hydrogen (secondary N) is 2. The van der Waals surface area contributed by atoms with Crippen LogP contribution in [0.15, 0.2) is 57.4 Å².